The molecule has 0 aliphatic rings. The maximum absolute atomic E-state index is 13.6. The van der Waals surface area contributed by atoms with Gasteiger partial charge in [0.15, 0.2) is 0 Å². The Labute approximate surface area is 121 Å². The fourth-order valence-corrected chi connectivity index (χ4v) is 2.49. The van der Waals surface area contributed by atoms with Crippen molar-refractivity contribution in [1.82, 2.24) is 0 Å². The minimum Gasteiger partial charge on any atom is -0.327 e. The predicted octanol–water partition coefficient (Wildman–Crippen LogP) is 4.01. The predicted molar refractivity (Wildman–Crippen MR) is 80.7 cm³/mol. The molecule has 0 amide bonds. The lowest BCUT2D eigenvalue weighted by Crippen LogP contribution is -2.26. The van der Waals surface area contributed by atoms with Crippen LogP contribution in [0.4, 0.5) is 4.39 Å². The van der Waals surface area contributed by atoms with Gasteiger partial charge in [0.2, 0.25) is 0 Å². The molecule has 3 heteroatoms. The van der Waals surface area contributed by atoms with Gasteiger partial charge in [-0.1, -0.05) is 45.8 Å². The van der Waals surface area contributed by atoms with Crippen LogP contribution in [0.25, 0.3) is 0 Å². The van der Waals surface area contributed by atoms with Crippen LogP contribution in [0.2, 0.25) is 0 Å². The zero-order valence-corrected chi connectivity index (χ0v) is 12.5. The van der Waals surface area contributed by atoms with Crippen LogP contribution >= 0.6 is 15.9 Å². The van der Waals surface area contributed by atoms with Gasteiger partial charge in [0.1, 0.15) is 5.82 Å². The molecule has 0 heterocycles. The van der Waals surface area contributed by atoms with Gasteiger partial charge in [-0.05, 0) is 49.1 Å². The molecule has 0 saturated carbocycles. The van der Waals surface area contributed by atoms with Gasteiger partial charge in [0, 0.05) is 10.5 Å². The van der Waals surface area contributed by atoms with Crippen molar-refractivity contribution in [3.05, 3.63) is 69.4 Å². The van der Waals surface area contributed by atoms with Crippen LogP contribution in [0.15, 0.2) is 46.9 Å². The van der Waals surface area contributed by atoms with Crippen molar-refractivity contribution in [2.45, 2.75) is 25.8 Å². The Hall–Kier alpha value is -1.19. The molecule has 100 valence electrons. The van der Waals surface area contributed by atoms with Crippen LogP contribution in [-0.4, -0.2) is 6.04 Å². The van der Waals surface area contributed by atoms with Gasteiger partial charge >= 0.3 is 0 Å². The summed E-state index contributed by atoms with van der Waals surface area (Å²) in [4.78, 5) is 0. The van der Waals surface area contributed by atoms with Crippen molar-refractivity contribution in [3.63, 3.8) is 0 Å². The van der Waals surface area contributed by atoms with E-state index >= 15 is 0 Å². The zero-order valence-electron chi connectivity index (χ0n) is 10.9. The Balaban J connectivity index is 2.02. The summed E-state index contributed by atoms with van der Waals surface area (Å²) in [5.74, 6) is -0.192. The minimum absolute atomic E-state index is 0.0773. The maximum atomic E-state index is 13.6. The number of rotatable bonds is 4. The number of hydrogen-bond donors (Lipinski definition) is 1. The molecule has 0 aromatic heterocycles. The second-order valence-corrected chi connectivity index (χ2v) is 5.81. The minimum atomic E-state index is -0.192. The molecule has 0 saturated heterocycles. The second kappa shape index (κ2) is 6.31. The third-order valence-electron chi connectivity index (χ3n) is 3.11. The van der Waals surface area contributed by atoms with Crippen molar-refractivity contribution >= 4 is 15.9 Å². The van der Waals surface area contributed by atoms with Gasteiger partial charge in [-0.25, -0.2) is 4.39 Å². The van der Waals surface area contributed by atoms with E-state index in [1.807, 2.05) is 0 Å². The maximum Gasteiger partial charge on any atom is 0.126 e. The summed E-state index contributed by atoms with van der Waals surface area (Å²) in [6, 6.07) is 13.2. The molecule has 0 fully saturated rings. The van der Waals surface area contributed by atoms with Crippen LogP contribution in [-0.2, 0) is 12.8 Å². The Morgan fingerprint density at radius 3 is 2.47 bits per heavy atom. The van der Waals surface area contributed by atoms with E-state index in [0.29, 0.717) is 12.0 Å². The van der Waals surface area contributed by atoms with Crippen molar-refractivity contribution < 1.29 is 4.39 Å². The normalized spacial score (nSPS) is 12.4. The van der Waals surface area contributed by atoms with Gasteiger partial charge < -0.3 is 5.73 Å². The SMILES string of the molecule is Cc1ccc(CC(N)Cc2cc(Br)ccc2F)cc1. The lowest BCUT2D eigenvalue weighted by Gasteiger charge is -2.13. The summed E-state index contributed by atoms with van der Waals surface area (Å²) in [5.41, 5.74) is 9.19. The van der Waals surface area contributed by atoms with Crippen molar-refractivity contribution in [1.29, 1.82) is 0 Å². The molecule has 0 aliphatic carbocycles. The van der Waals surface area contributed by atoms with E-state index in [9.17, 15) is 4.39 Å². The highest BCUT2D eigenvalue weighted by molar-refractivity contribution is 9.10. The Bertz CT molecular complexity index is 551. The highest BCUT2D eigenvalue weighted by Gasteiger charge is 2.09. The monoisotopic (exact) mass is 321 g/mol. The first kappa shape index (κ1) is 14.2. The first-order chi connectivity index (χ1) is 9.04. The molecule has 1 unspecified atom stereocenters. The number of halogens is 2. The van der Waals surface area contributed by atoms with Crippen LogP contribution in [0.5, 0.6) is 0 Å². The summed E-state index contributed by atoms with van der Waals surface area (Å²) in [6.45, 7) is 2.06. The van der Waals surface area contributed by atoms with E-state index in [4.69, 9.17) is 5.73 Å². The molecule has 2 N–H and O–H groups in total. The van der Waals surface area contributed by atoms with Gasteiger partial charge in [-0.3, -0.25) is 0 Å². The topological polar surface area (TPSA) is 26.0 Å². The first-order valence-electron chi connectivity index (χ1n) is 6.29. The molecular formula is C16H17BrFN. The van der Waals surface area contributed by atoms with Gasteiger partial charge in [-0.15, -0.1) is 0 Å². The molecule has 0 spiro atoms. The molecule has 0 radical (unpaired) electrons. The Kier molecular flexibility index (Phi) is 4.72. The van der Waals surface area contributed by atoms with Crippen LogP contribution in [0.3, 0.4) is 0 Å². The molecule has 2 aromatic carbocycles. The highest BCUT2D eigenvalue weighted by atomic mass is 79.9. The van der Waals surface area contributed by atoms with Crippen LogP contribution in [0, 0.1) is 12.7 Å². The zero-order chi connectivity index (χ0) is 13.8. The summed E-state index contributed by atoms with van der Waals surface area (Å²) in [6.07, 6.45) is 1.30. The average Bonchev–Trinajstić information content (AvgIpc) is 2.37. The van der Waals surface area contributed by atoms with E-state index in [1.54, 1.807) is 12.1 Å². The average molecular weight is 322 g/mol. The largest absolute Gasteiger partial charge is 0.327 e. The van der Waals surface area contributed by atoms with E-state index in [1.165, 1.54) is 17.2 Å². The number of nitrogens with two attached hydrogens (primary N) is 1. The molecule has 0 aliphatic heterocycles. The Morgan fingerprint density at radius 2 is 1.79 bits per heavy atom. The van der Waals surface area contributed by atoms with Crippen LogP contribution in [0.1, 0.15) is 16.7 Å². The van der Waals surface area contributed by atoms with E-state index in [2.05, 4.69) is 47.1 Å². The third-order valence-corrected chi connectivity index (χ3v) is 3.60. The molecule has 19 heavy (non-hydrogen) atoms. The van der Waals surface area contributed by atoms with Gasteiger partial charge in [0.05, 0.1) is 0 Å². The fraction of sp³-hybridized carbons (Fsp3) is 0.250. The fourth-order valence-electron chi connectivity index (χ4n) is 2.08. The summed E-state index contributed by atoms with van der Waals surface area (Å²) >= 11 is 3.35. The third kappa shape index (κ3) is 4.15. The van der Waals surface area contributed by atoms with Crippen molar-refractivity contribution in [3.8, 4) is 0 Å². The van der Waals surface area contributed by atoms with E-state index in [-0.39, 0.29) is 11.9 Å². The van der Waals surface area contributed by atoms with Crippen molar-refractivity contribution in [2.75, 3.05) is 0 Å². The first-order valence-corrected chi connectivity index (χ1v) is 7.09. The molecular weight excluding hydrogens is 305 g/mol. The van der Waals surface area contributed by atoms with E-state index in [0.717, 1.165) is 10.9 Å². The molecule has 0 bridgehead atoms. The molecule has 1 atom stereocenters. The number of benzene rings is 2. The summed E-state index contributed by atoms with van der Waals surface area (Å²) in [7, 11) is 0. The quantitative estimate of drug-likeness (QED) is 0.904. The molecule has 2 aromatic rings. The van der Waals surface area contributed by atoms with Crippen LogP contribution < -0.4 is 5.73 Å². The highest BCUT2D eigenvalue weighted by Crippen LogP contribution is 2.17. The van der Waals surface area contributed by atoms with Gasteiger partial charge in [0.25, 0.3) is 0 Å². The lowest BCUT2D eigenvalue weighted by molar-refractivity contribution is 0.583. The van der Waals surface area contributed by atoms with Gasteiger partial charge in [-0.2, -0.15) is 0 Å². The second-order valence-electron chi connectivity index (χ2n) is 4.89. The molecule has 1 nitrogen and oxygen atoms in total. The van der Waals surface area contributed by atoms with Crippen molar-refractivity contribution in [2.24, 2.45) is 5.73 Å². The number of aryl methyl sites for hydroxylation is 1. The smallest absolute Gasteiger partial charge is 0.126 e. The van der Waals surface area contributed by atoms with E-state index < -0.39 is 0 Å². The summed E-state index contributed by atoms with van der Waals surface area (Å²) < 4.78 is 14.5. The molecule has 2 rings (SSSR count). The summed E-state index contributed by atoms with van der Waals surface area (Å²) in [5, 5.41) is 0. The Morgan fingerprint density at radius 1 is 1.11 bits per heavy atom. The lowest BCUT2D eigenvalue weighted by atomic mass is 9.99. The standard InChI is InChI=1S/C16H17BrFN/c1-11-2-4-12(5-3-11)8-15(19)10-13-9-14(17)6-7-16(13)18/h2-7,9,15H,8,10,19H2,1H3. The number of hydrogen-bond acceptors (Lipinski definition) is 1.